The van der Waals surface area contributed by atoms with Crippen molar-refractivity contribution in [2.24, 2.45) is 4.99 Å². The maximum Gasteiger partial charge on any atom is 0.339 e. The van der Waals surface area contributed by atoms with Gasteiger partial charge in [-0.1, -0.05) is 50.6 Å². The molecular weight excluding hydrogens is 538 g/mol. The fraction of sp³-hybridized carbons (Fsp3) is 0.429. The lowest BCUT2D eigenvalue weighted by molar-refractivity contribution is -0.113. The summed E-state index contributed by atoms with van der Waals surface area (Å²) in [7, 11) is -2.08. The van der Waals surface area contributed by atoms with Crippen molar-refractivity contribution in [1.82, 2.24) is 9.88 Å². The lowest BCUT2D eigenvalue weighted by atomic mass is 9.84. The summed E-state index contributed by atoms with van der Waals surface area (Å²) in [4.78, 5) is 37.0. The van der Waals surface area contributed by atoms with Gasteiger partial charge in [-0.3, -0.25) is 4.79 Å². The van der Waals surface area contributed by atoms with Crippen LogP contribution in [0.15, 0.2) is 52.5 Å². The van der Waals surface area contributed by atoms with Gasteiger partial charge in [0.2, 0.25) is 0 Å². The zero-order chi connectivity index (χ0) is 27.3. The lowest BCUT2D eigenvalue weighted by Crippen LogP contribution is -2.44. The number of thioether (sulfide) groups is 1. The molecule has 2 aromatic rings. The molecule has 4 heterocycles. The highest BCUT2D eigenvalue weighted by molar-refractivity contribution is 8.18. The standard InChI is InChI=1S/C28H32ClN3O4SSi/c1-27(2,3)38(4,5)35-17-20(18-10-11-22(29)30-16-18)23-24(33)31-26(37-23)32-14-12-28(13-15-32)21-9-7-6-8-19(21)25(34)36-28/h6-11,16H,12-15,17H2,1-5H3. The number of piperidine rings is 1. The fourth-order valence-electron chi connectivity index (χ4n) is 4.70. The summed E-state index contributed by atoms with van der Waals surface area (Å²) in [6.45, 7) is 12.5. The molecular formula is C28H32ClN3O4SSi. The number of hydrogen-bond donors (Lipinski definition) is 0. The zero-order valence-corrected chi connectivity index (χ0v) is 24.9. The Balaban J connectivity index is 1.37. The third-order valence-corrected chi connectivity index (χ3v) is 13.9. The van der Waals surface area contributed by atoms with Crippen molar-refractivity contribution >= 4 is 54.3 Å². The molecule has 0 unspecified atom stereocenters. The van der Waals surface area contributed by atoms with Gasteiger partial charge in [-0.25, -0.2) is 9.78 Å². The van der Waals surface area contributed by atoms with E-state index in [-0.39, 0.29) is 16.9 Å². The van der Waals surface area contributed by atoms with Crippen molar-refractivity contribution in [3.8, 4) is 0 Å². The Bertz CT molecular complexity index is 1340. The predicted octanol–water partition coefficient (Wildman–Crippen LogP) is 6.26. The second kappa shape index (κ2) is 9.93. The van der Waals surface area contributed by atoms with E-state index in [1.807, 2.05) is 30.3 Å². The minimum Gasteiger partial charge on any atom is -0.450 e. The second-order valence-electron chi connectivity index (χ2n) is 11.4. The van der Waals surface area contributed by atoms with E-state index in [1.54, 1.807) is 12.3 Å². The molecule has 0 bridgehead atoms. The molecule has 0 aliphatic carbocycles. The number of pyridine rings is 1. The minimum absolute atomic E-state index is 0.0293. The highest BCUT2D eigenvalue weighted by Gasteiger charge is 2.48. The summed E-state index contributed by atoms with van der Waals surface area (Å²) in [6, 6.07) is 11.2. The van der Waals surface area contributed by atoms with Crippen LogP contribution < -0.4 is 0 Å². The number of rotatable bonds is 4. The molecule has 0 atom stereocenters. The van der Waals surface area contributed by atoms with Gasteiger partial charge in [0, 0.05) is 43.3 Å². The molecule has 3 aliphatic heterocycles. The number of likely N-dealkylation sites (tertiary alicyclic amines) is 1. The molecule has 1 fully saturated rings. The van der Waals surface area contributed by atoms with Crippen molar-refractivity contribution in [2.45, 2.75) is 57.3 Å². The van der Waals surface area contributed by atoms with E-state index in [0.29, 0.717) is 53.3 Å². The van der Waals surface area contributed by atoms with E-state index < -0.39 is 13.9 Å². The average molecular weight is 570 g/mol. The van der Waals surface area contributed by atoms with E-state index in [1.165, 1.54) is 11.8 Å². The van der Waals surface area contributed by atoms with E-state index in [2.05, 4.69) is 48.7 Å². The smallest absolute Gasteiger partial charge is 0.339 e. The molecule has 7 nitrogen and oxygen atoms in total. The summed E-state index contributed by atoms with van der Waals surface area (Å²) in [5.74, 6) is -0.531. The number of hydrogen-bond acceptors (Lipinski definition) is 7. The van der Waals surface area contributed by atoms with Crippen LogP contribution in [0, 0.1) is 0 Å². The maximum atomic E-state index is 13.2. The number of fused-ring (bicyclic) bond motifs is 2. The third-order valence-electron chi connectivity index (χ3n) is 8.09. The van der Waals surface area contributed by atoms with Crippen LogP contribution in [-0.4, -0.2) is 54.9 Å². The van der Waals surface area contributed by atoms with E-state index in [0.717, 1.165) is 16.7 Å². The maximum absolute atomic E-state index is 13.2. The summed E-state index contributed by atoms with van der Waals surface area (Å²) in [6.07, 6.45) is 2.97. The molecule has 1 aromatic carbocycles. The van der Waals surface area contributed by atoms with Crippen LogP contribution in [0.4, 0.5) is 0 Å². The van der Waals surface area contributed by atoms with Crippen molar-refractivity contribution in [3.05, 3.63) is 69.3 Å². The molecule has 1 spiro atoms. The van der Waals surface area contributed by atoms with Crippen LogP contribution in [0.3, 0.4) is 0 Å². The second-order valence-corrected chi connectivity index (χ2v) is 17.6. The van der Waals surface area contributed by atoms with Crippen LogP contribution >= 0.6 is 23.4 Å². The zero-order valence-electron chi connectivity index (χ0n) is 22.3. The topological polar surface area (TPSA) is 81.1 Å². The third kappa shape index (κ3) is 4.97. The van der Waals surface area contributed by atoms with Crippen LogP contribution in [0.5, 0.6) is 0 Å². The Morgan fingerprint density at radius 1 is 1.16 bits per heavy atom. The Morgan fingerprint density at radius 3 is 2.53 bits per heavy atom. The van der Waals surface area contributed by atoms with Crippen molar-refractivity contribution in [1.29, 1.82) is 0 Å². The number of benzene rings is 1. The van der Waals surface area contributed by atoms with Gasteiger partial charge in [0.15, 0.2) is 13.5 Å². The Hall–Kier alpha value is -2.46. The molecule has 0 N–H and O–H groups in total. The van der Waals surface area contributed by atoms with Gasteiger partial charge in [0.1, 0.15) is 10.8 Å². The Labute approximate surface area is 233 Å². The van der Waals surface area contributed by atoms with Gasteiger partial charge >= 0.3 is 5.97 Å². The summed E-state index contributed by atoms with van der Waals surface area (Å²) >= 11 is 7.43. The number of aliphatic imine (C=N–C) groups is 1. The summed E-state index contributed by atoms with van der Waals surface area (Å²) in [5.41, 5.74) is 2.58. The van der Waals surface area contributed by atoms with Crippen LogP contribution in [0.25, 0.3) is 5.57 Å². The number of carbonyl (C=O) groups is 2. The molecule has 38 heavy (non-hydrogen) atoms. The molecule has 5 rings (SSSR count). The molecule has 1 aromatic heterocycles. The van der Waals surface area contributed by atoms with E-state index in [9.17, 15) is 9.59 Å². The first kappa shape index (κ1) is 27.1. The number of esters is 1. The number of halogens is 1. The predicted molar refractivity (Wildman–Crippen MR) is 154 cm³/mol. The first-order valence-electron chi connectivity index (χ1n) is 12.8. The first-order valence-corrected chi connectivity index (χ1v) is 16.9. The molecule has 3 aliphatic rings. The van der Waals surface area contributed by atoms with Gasteiger partial charge in [-0.2, -0.15) is 4.99 Å². The molecule has 0 radical (unpaired) electrons. The minimum atomic E-state index is -2.08. The van der Waals surface area contributed by atoms with E-state index >= 15 is 0 Å². The van der Waals surface area contributed by atoms with Crippen LogP contribution in [0.1, 0.15) is 55.1 Å². The quantitative estimate of drug-likeness (QED) is 0.186. The fourth-order valence-corrected chi connectivity index (χ4v) is 6.81. The molecule has 1 amide bonds. The van der Waals surface area contributed by atoms with Crippen molar-refractivity contribution in [2.75, 3.05) is 19.7 Å². The van der Waals surface area contributed by atoms with Crippen LogP contribution in [-0.2, 0) is 19.6 Å². The average Bonchev–Trinajstić information content (AvgIpc) is 3.38. The Kier molecular flexibility index (Phi) is 7.09. The highest BCUT2D eigenvalue weighted by Crippen LogP contribution is 2.45. The van der Waals surface area contributed by atoms with Gasteiger partial charge < -0.3 is 14.1 Å². The van der Waals surface area contributed by atoms with Crippen molar-refractivity contribution < 1.29 is 18.8 Å². The number of amidine groups is 1. The highest BCUT2D eigenvalue weighted by atomic mass is 35.5. The molecule has 0 saturated carbocycles. The van der Waals surface area contributed by atoms with Gasteiger partial charge in [-0.05, 0) is 53.7 Å². The Morgan fingerprint density at radius 2 is 1.87 bits per heavy atom. The first-order chi connectivity index (χ1) is 17.9. The molecule has 10 heteroatoms. The normalized spacial score (nSPS) is 20.5. The van der Waals surface area contributed by atoms with E-state index in [4.69, 9.17) is 20.8 Å². The number of amides is 1. The van der Waals surface area contributed by atoms with Gasteiger partial charge in [0.25, 0.3) is 5.91 Å². The van der Waals surface area contributed by atoms with Gasteiger partial charge in [0.05, 0.1) is 17.1 Å². The summed E-state index contributed by atoms with van der Waals surface area (Å²) in [5, 5.41) is 1.09. The number of aromatic nitrogens is 1. The monoisotopic (exact) mass is 569 g/mol. The van der Waals surface area contributed by atoms with Crippen LogP contribution in [0.2, 0.25) is 23.3 Å². The number of carbonyl (C=O) groups excluding carboxylic acids is 2. The summed E-state index contributed by atoms with van der Waals surface area (Å²) < 4.78 is 12.4. The number of nitrogens with zero attached hydrogens (tertiary/aromatic N) is 3. The largest absolute Gasteiger partial charge is 0.450 e. The number of ether oxygens (including phenoxy) is 1. The van der Waals surface area contributed by atoms with Crippen molar-refractivity contribution in [3.63, 3.8) is 0 Å². The van der Waals surface area contributed by atoms with Gasteiger partial charge in [-0.15, -0.1) is 0 Å². The molecule has 1 saturated heterocycles. The molecule has 200 valence electrons. The lowest BCUT2D eigenvalue weighted by Gasteiger charge is -2.39. The SMILES string of the molecule is CC(C)(C)[Si](C)(C)OCC(=C1SC(N2CCC3(CC2)OC(=O)c2ccccc23)=NC1=O)c1ccc(Cl)nc1.